The maximum atomic E-state index is 9.08. The summed E-state index contributed by atoms with van der Waals surface area (Å²) in [6.07, 6.45) is 7.37. The van der Waals surface area contributed by atoms with Crippen molar-refractivity contribution in [2.24, 2.45) is 5.41 Å². The molecule has 0 radical (unpaired) electrons. The van der Waals surface area contributed by atoms with Gasteiger partial charge in [-0.25, -0.2) is 9.97 Å². The summed E-state index contributed by atoms with van der Waals surface area (Å²) in [5.74, 6) is 0.863. The van der Waals surface area contributed by atoms with Crippen LogP contribution in [0, 0.1) is 16.7 Å². The molecule has 1 atom stereocenters. The van der Waals surface area contributed by atoms with E-state index in [1.807, 2.05) is 36.7 Å². The molecule has 2 aliphatic heterocycles. The second-order valence-corrected chi connectivity index (χ2v) is 7.35. The average Bonchev–Trinajstić information content (AvgIpc) is 3.04. The molecular formula is C20H23N5. The highest BCUT2D eigenvalue weighted by Gasteiger charge is 2.41. The molecule has 4 rings (SSSR count). The molecule has 0 N–H and O–H groups in total. The summed E-state index contributed by atoms with van der Waals surface area (Å²) in [5.41, 5.74) is 2.33. The van der Waals surface area contributed by atoms with Gasteiger partial charge in [-0.3, -0.25) is 4.90 Å². The van der Waals surface area contributed by atoms with E-state index in [0.29, 0.717) is 5.41 Å². The first-order chi connectivity index (χ1) is 12.3. The van der Waals surface area contributed by atoms with Gasteiger partial charge in [0.2, 0.25) is 5.95 Å². The van der Waals surface area contributed by atoms with Gasteiger partial charge in [0, 0.05) is 44.0 Å². The van der Waals surface area contributed by atoms with Crippen molar-refractivity contribution in [3.8, 4) is 6.07 Å². The van der Waals surface area contributed by atoms with Crippen LogP contribution in [-0.4, -0.2) is 41.0 Å². The molecule has 2 aliphatic rings. The minimum atomic E-state index is 0.351. The third-order valence-corrected chi connectivity index (χ3v) is 5.48. The Balaban J connectivity index is 1.43. The van der Waals surface area contributed by atoms with Crippen LogP contribution in [0.1, 0.15) is 30.4 Å². The highest BCUT2D eigenvalue weighted by molar-refractivity contribution is 5.33. The molecule has 0 bridgehead atoms. The van der Waals surface area contributed by atoms with E-state index < -0.39 is 0 Å². The highest BCUT2D eigenvalue weighted by atomic mass is 15.3. The standard InChI is InChI=1S/C20H23N5/c21-13-17-4-1-5-18(12-17)14-24-11-7-20(15-24)6-2-10-25(16-20)19-22-8-3-9-23-19/h1,3-5,8-9,12H,2,6-7,10-11,14-16H2. The van der Waals surface area contributed by atoms with E-state index in [1.54, 1.807) is 0 Å². The summed E-state index contributed by atoms with van der Waals surface area (Å²) in [5, 5.41) is 9.08. The van der Waals surface area contributed by atoms with Crippen LogP contribution in [0.2, 0.25) is 0 Å². The fourth-order valence-corrected chi connectivity index (χ4v) is 4.33. The summed E-state index contributed by atoms with van der Waals surface area (Å²) < 4.78 is 0. The van der Waals surface area contributed by atoms with Crippen molar-refractivity contribution in [1.82, 2.24) is 14.9 Å². The number of anilines is 1. The van der Waals surface area contributed by atoms with Gasteiger partial charge < -0.3 is 4.90 Å². The Hall–Kier alpha value is -2.45. The van der Waals surface area contributed by atoms with Gasteiger partial charge in [-0.05, 0) is 49.6 Å². The molecule has 0 saturated carbocycles. The Morgan fingerprint density at radius 2 is 1.96 bits per heavy atom. The van der Waals surface area contributed by atoms with E-state index in [4.69, 9.17) is 5.26 Å². The van der Waals surface area contributed by atoms with E-state index in [9.17, 15) is 0 Å². The first-order valence-corrected chi connectivity index (χ1v) is 9.00. The zero-order valence-corrected chi connectivity index (χ0v) is 14.4. The Morgan fingerprint density at radius 1 is 1.08 bits per heavy atom. The van der Waals surface area contributed by atoms with E-state index in [-0.39, 0.29) is 0 Å². The van der Waals surface area contributed by atoms with Crippen molar-refractivity contribution in [3.05, 3.63) is 53.9 Å². The molecule has 1 unspecified atom stereocenters. The van der Waals surface area contributed by atoms with Crippen LogP contribution in [-0.2, 0) is 6.54 Å². The molecule has 5 heteroatoms. The predicted molar refractivity (Wildman–Crippen MR) is 97.0 cm³/mol. The summed E-state index contributed by atoms with van der Waals surface area (Å²) in [6, 6.07) is 12.1. The van der Waals surface area contributed by atoms with Crippen molar-refractivity contribution in [1.29, 1.82) is 5.26 Å². The van der Waals surface area contributed by atoms with Gasteiger partial charge in [-0.15, -0.1) is 0 Å². The molecular weight excluding hydrogens is 310 g/mol. The van der Waals surface area contributed by atoms with Crippen LogP contribution in [0.3, 0.4) is 0 Å². The summed E-state index contributed by atoms with van der Waals surface area (Å²) in [7, 11) is 0. The largest absolute Gasteiger partial charge is 0.340 e. The SMILES string of the molecule is N#Cc1cccc(CN2CCC3(CCCN(c4ncccn4)C3)C2)c1. The fraction of sp³-hybridized carbons (Fsp3) is 0.450. The monoisotopic (exact) mass is 333 g/mol. The zero-order chi connectivity index (χ0) is 17.1. The number of nitrogens with zero attached hydrogens (tertiary/aromatic N) is 5. The van der Waals surface area contributed by atoms with Gasteiger partial charge in [-0.2, -0.15) is 5.26 Å². The van der Waals surface area contributed by atoms with Crippen LogP contribution >= 0.6 is 0 Å². The van der Waals surface area contributed by atoms with E-state index in [0.717, 1.165) is 44.2 Å². The molecule has 2 fully saturated rings. The van der Waals surface area contributed by atoms with Crippen LogP contribution in [0.4, 0.5) is 5.95 Å². The number of nitriles is 1. The van der Waals surface area contributed by atoms with Crippen molar-refractivity contribution in [3.63, 3.8) is 0 Å². The van der Waals surface area contributed by atoms with Gasteiger partial charge in [0.05, 0.1) is 11.6 Å². The average molecular weight is 333 g/mol. The maximum Gasteiger partial charge on any atom is 0.225 e. The first-order valence-electron chi connectivity index (χ1n) is 9.00. The van der Waals surface area contributed by atoms with E-state index in [2.05, 4.69) is 31.9 Å². The number of hydrogen-bond acceptors (Lipinski definition) is 5. The fourth-order valence-electron chi connectivity index (χ4n) is 4.33. The number of benzene rings is 1. The smallest absolute Gasteiger partial charge is 0.225 e. The molecule has 2 saturated heterocycles. The molecule has 0 amide bonds. The van der Waals surface area contributed by atoms with E-state index >= 15 is 0 Å². The molecule has 25 heavy (non-hydrogen) atoms. The Kier molecular flexibility index (Phi) is 4.37. The number of hydrogen-bond donors (Lipinski definition) is 0. The third-order valence-electron chi connectivity index (χ3n) is 5.48. The molecule has 0 aliphatic carbocycles. The zero-order valence-electron chi connectivity index (χ0n) is 14.4. The minimum Gasteiger partial charge on any atom is -0.340 e. The number of likely N-dealkylation sites (tertiary alicyclic amines) is 1. The normalized spacial score (nSPS) is 23.7. The second-order valence-electron chi connectivity index (χ2n) is 7.35. The van der Waals surface area contributed by atoms with Crippen molar-refractivity contribution >= 4 is 5.95 Å². The molecule has 5 nitrogen and oxygen atoms in total. The van der Waals surface area contributed by atoms with Crippen molar-refractivity contribution < 1.29 is 0 Å². The van der Waals surface area contributed by atoms with Gasteiger partial charge in [0.25, 0.3) is 0 Å². The van der Waals surface area contributed by atoms with Crippen LogP contribution in [0.25, 0.3) is 0 Å². The number of rotatable bonds is 3. The summed E-state index contributed by atoms with van der Waals surface area (Å²) in [4.78, 5) is 13.8. The van der Waals surface area contributed by atoms with Gasteiger partial charge >= 0.3 is 0 Å². The van der Waals surface area contributed by atoms with Crippen LogP contribution in [0.15, 0.2) is 42.7 Å². The first kappa shape index (κ1) is 16.0. The Morgan fingerprint density at radius 3 is 2.80 bits per heavy atom. The molecule has 1 aromatic heterocycles. The van der Waals surface area contributed by atoms with Crippen LogP contribution < -0.4 is 4.90 Å². The molecule has 1 spiro atoms. The lowest BCUT2D eigenvalue weighted by atomic mass is 9.79. The third kappa shape index (κ3) is 3.49. The second kappa shape index (κ2) is 6.81. The summed E-state index contributed by atoms with van der Waals surface area (Å²) in [6.45, 7) is 5.27. The van der Waals surface area contributed by atoms with Crippen LogP contribution in [0.5, 0.6) is 0 Å². The van der Waals surface area contributed by atoms with E-state index in [1.165, 1.54) is 24.8 Å². The molecule has 3 heterocycles. The topological polar surface area (TPSA) is 56.1 Å². The number of piperidine rings is 1. The van der Waals surface area contributed by atoms with Crippen molar-refractivity contribution in [2.45, 2.75) is 25.8 Å². The molecule has 128 valence electrons. The maximum absolute atomic E-state index is 9.08. The highest BCUT2D eigenvalue weighted by Crippen LogP contribution is 2.40. The van der Waals surface area contributed by atoms with Gasteiger partial charge in [0.1, 0.15) is 0 Å². The lowest BCUT2D eigenvalue weighted by Gasteiger charge is -2.40. The summed E-state index contributed by atoms with van der Waals surface area (Å²) >= 11 is 0. The van der Waals surface area contributed by atoms with Crippen molar-refractivity contribution in [2.75, 3.05) is 31.1 Å². The van der Waals surface area contributed by atoms with Gasteiger partial charge in [0.15, 0.2) is 0 Å². The molecule has 1 aromatic carbocycles. The lowest BCUT2D eigenvalue weighted by molar-refractivity contribution is 0.215. The Bertz CT molecular complexity index is 769. The minimum absolute atomic E-state index is 0.351. The quantitative estimate of drug-likeness (QED) is 0.864. The van der Waals surface area contributed by atoms with Gasteiger partial charge in [-0.1, -0.05) is 12.1 Å². The lowest BCUT2D eigenvalue weighted by Crippen LogP contribution is -2.45. The predicted octanol–water partition coefficient (Wildman–Crippen LogP) is 2.84. The number of aromatic nitrogens is 2. The Labute approximate surface area is 148 Å². The molecule has 2 aromatic rings.